The van der Waals surface area contributed by atoms with Crippen molar-refractivity contribution < 1.29 is 9.84 Å². The maximum atomic E-state index is 10.0. The fourth-order valence-corrected chi connectivity index (χ4v) is 2.32. The number of hydrogen-bond donors (Lipinski definition) is 1. The quantitative estimate of drug-likeness (QED) is 0.934. The van der Waals surface area contributed by atoms with E-state index in [1.807, 2.05) is 42.3 Å². The van der Waals surface area contributed by atoms with Crippen LogP contribution in [0.4, 0.5) is 11.4 Å². The third-order valence-corrected chi connectivity index (χ3v) is 3.43. The molecule has 0 bridgehead atoms. The van der Waals surface area contributed by atoms with E-state index in [0.29, 0.717) is 11.3 Å². The van der Waals surface area contributed by atoms with Crippen molar-refractivity contribution in [1.29, 1.82) is 5.26 Å². The van der Waals surface area contributed by atoms with Gasteiger partial charge in [-0.25, -0.2) is 0 Å². The molecule has 0 spiro atoms. The smallest absolute Gasteiger partial charge is 0.126 e. The summed E-state index contributed by atoms with van der Waals surface area (Å²) in [5.74, 6) is 0.656. The fourth-order valence-electron chi connectivity index (χ4n) is 2.32. The molecule has 4 nitrogen and oxygen atoms in total. The monoisotopic (exact) mass is 282 g/mol. The van der Waals surface area contributed by atoms with E-state index in [0.717, 1.165) is 16.9 Å². The average Bonchev–Trinajstić information content (AvgIpc) is 2.53. The van der Waals surface area contributed by atoms with Crippen molar-refractivity contribution in [2.45, 2.75) is 13.0 Å². The summed E-state index contributed by atoms with van der Waals surface area (Å²) in [6.07, 6.45) is -0.642. The van der Waals surface area contributed by atoms with Crippen LogP contribution in [0.5, 0.6) is 5.75 Å². The molecule has 0 aliphatic heterocycles. The lowest BCUT2D eigenvalue weighted by Gasteiger charge is -2.25. The molecule has 1 unspecified atom stereocenters. The predicted octanol–water partition coefficient (Wildman–Crippen LogP) is 3.39. The number of rotatable bonds is 4. The van der Waals surface area contributed by atoms with Gasteiger partial charge in [-0.3, -0.25) is 0 Å². The van der Waals surface area contributed by atoms with Crippen LogP contribution in [-0.2, 0) is 0 Å². The number of nitriles is 1. The van der Waals surface area contributed by atoms with Gasteiger partial charge in [0.1, 0.15) is 5.75 Å². The van der Waals surface area contributed by atoms with Crippen LogP contribution in [0.2, 0.25) is 0 Å². The van der Waals surface area contributed by atoms with Gasteiger partial charge in [0.25, 0.3) is 0 Å². The second-order valence-electron chi connectivity index (χ2n) is 4.79. The molecule has 0 aliphatic rings. The summed E-state index contributed by atoms with van der Waals surface area (Å²) in [6, 6.07) is 15.1. The topological polar surface area (TPSA) is 56.5 Å². The zero-order valence-electron chi connectivity index (χ0n) is 12.4. The number of hydrogen-bond acceptors (Lipinski definition) is 4. The molecule has 2 aromatic rings. The largest absolute Gasteiger partial charge is 0.496 e. The molecule has 4 heteroatoms. The summed E-state index contributed by atoms with van der Waals surface area (Å²) in [5.41, 5.74) is 3.17. The van der Waals surface area contributed by atoms with Crippen LogP contribution in [0.25, 0.3) is 0 Å². The number of aliphatic hydroxyl groups is 1. The number of aliphatic hydroxyl groups excluding tert-OH is 1. The summed E-state index contributed by atoms with van der Waals surface area (Å²) in [6.45, 7) is 1.72. The van der Waals surface area contributed by atoms with Gasteiger partial charge in [0.05, 0.1) is 30.5 Å². The van der Waals surface area contributed by atoms with Crippen LogP contribution in [0.15, 0.2) is 42.5 Å². The molecule has 0 radical (unpaired) electrons. The Bertz CT molecular complexity index is 657. The number of benzene rings is 2. The third-order valence-electron chi connectivity index (χ3n) is 3.43. The first-order valence-corrected chi connectivity index (χ1v) is 6.67. The minimum absolute atomic E-state index is 0.619. The summed E-state index contributed by atoms with van der Waals surface area (Å²) >= 11 is 0. The van der Waals surface area contributed by atoms with E-state index < -0.39 is 6.10 Å². The van der Waals surface area contributed by atoms with Crippen molar-refractivity contribution >= 4 is 11.4 Å². The van der Waals surface area contributed by atoms with E-state index in [2.05, 4.69) is 6.07 Å². The van der Waals surface area contributed by atoms with Crippen molar-refractivity contribution in [3.8, 4) is 11.8 Å². The Hall–Kier alpha value is -2.51. The predicted molar refractivity (Wildman–Crippen MR) is 82.8 cm³/mol. The zero-order chi connectivity index (χ0) is 15.4. The average molecular weight is 282 g/mol. The molecule has 2 aromatic carbocycles. The Morgan fingerprint density at radius 1 is 1.19 bits per heavy atom. The van der Waals surface area contributed by atoms with Crippen molar-refractivity contribution in [1.82, 2.24) is 0 Å². The normalized spacial score (nSPS) is 11.6. The van der Waals surface area contributed by atoms with Crippen molar-refractivity contribution in [3.05, 3.63) is 53.6 Å². The number of ether oxygens (including phenoxy) is 1. The van der Waals surface area contributed by atoms with E-state index >= 15 is 0 Å². The lowest BCUT2D eigenvalue weighted by Crippen LogP contribution is -2.13. The first-order valence-electron chi connectivity index (χ1n) is 6.67. The van der Waals surface area contributed by atoms with E-state index in [9.17, 15) is 5.11 Å². The van der Waals surface area contributed by atoms with E-state index in [-0.39, 0.29) is 0 Å². The second kappa shape index (κ2) is 6.29. The molecule has 2 rings (SSSR count). The molecule has 0 amide bonds. The minimum atomic E-state index is -0.642. The highest BCUT2D eigenvalue weighted by molar-refractivity contribution is 5.69. The molecule has 0 saturated carbocycles. The first kappa shape index (κ1) is 14.9. The van der Waals surface area contributed by atoms with Crippen LogP contribution in [0.3, 0.4) is 0 Å². The standard InChI is InChI=1S/C17H18N2O2/c1-12(20)17-15(5-4-6-16(17)21-3)19(2)14-9-7-13(11-18)8-10-14/h4-10,12,20H,1-3H3. The maximum absolute atomic E-state index is 10.0. The molecule has 1 atom stereocenters. The van der Waals surface area contributed by atoms with Gasteiger partial charge in [-0.15, -0.1) is 0 Å². The lowest BCUT2D eigenvalue weighted by molar-refractivity contribution is 0.195. The van der Waals surface area contributed by atoms with Gasteiger partial charge < -0.3 is 14.7 Å². The van der Waals surface area contributed by atoms with E-state index in [4.69, 9.17) is 10.00 Å². The highest BCUT2D eigenvalue weighted by Crippen LogP contribution is 2.36. The zero-order valence-corrected chi connectivity index (χ0v) is 12.4. The molecular weight excluding hydrogens is 264 g/mol. The van der Waals surface area contributed by atoms with Crippen LogP contribution in [0, 0.1) is 11.3 Å². The highest BCUT2D eigenvalue weighted by Gasteiger charge is 2.17. The minimum Gasteiger partial charge on any atom is -0.496 e. The van der Waals surface area contributed by atoms with Crippen LogP contribution in [0.1, 0.15) is 24.2 Å². The molecule has 0 saturated heterocycles. The van der Waals surface area contributed by atoms with Crippen LogP contribution >= 0.6 is 0 Å². The molecule has 108 valence electrons. The Labute approximate surface area is 124 Å². The van der Waals surface area contributed by atoms with Gasteiger partial charge >= 0.3 is 0 Å². The lowest BCUT2D eigenvalue weighted by atomic mass is 10.1. The highest BCUT2D eigenvalue weighted by atomic mass is 16.5. The SMILES string of the molecule is COc1cccc(N(C)c2ccc(C#N)cc2)c1C(C)O. The first-order chi connectivity index (χ1) is 10.1. The Morgan fingerprint density at radius 2 is 1.86 bits per heavy atom. The number of nitrogens with zero attached hydrogens (tertiary/aromatic N) is 2. The van der Waals surface area contributed by atoms with Gasteiger partial charge in [-0.05, 0) is 43.3 Å². The summed E-state index contributed by atoms with van der Waals surface area (Å²) in [7, 11) is 3.51. The second-order valence-corrected chi connectivity index (χ2v) is 4.79. The maximum Gasteiger partial charge on any atom is 0.126 e. The van der Waals surface area contributed by atoms with Gasteiger partial charge in [0, 0.05) is 18.3 Å². The van der Waals surface area contributed by atoms with E-state index in [1.54, 1.807) is 26.2 Å². The molecule has 0 aliphatic carbocycles. The van der Waals surface area contributed by atoms with Gasteiger partial charge in [-0.1, -0.05) is 6.07 Å². The molecule has 21 heavy (non-hydrogen) atoms. The third kappa shape index (κ3) is 2.99. The van der Waals surface area contributed by atoms with E-state index in [1.165, 1.54) is 0 Å². The summed E-state index contributed by atoms with van der Waals surface area (Å²) < 4.78 is 5.34. The van der Waals surface area contributed by atoms with Crippen molar-refractivity contribution in [2.75, 3.05) is 19.1 Å². The Kier molecular flexibility index (Phi) is 4.46. The Balaban J connectivity index is 2.47. The fraction of sp³-hybridized carbons (Fsp3) is 0.235. The number of methoxy groups -OCH3 is 1. The summed E-state index contributed by atoms with van der Waals surface area (Å²) in [4.78, 5) is 1.96. The molecule has 1 N–H and O–H groups in total. The van der Waals surface area contributed by atoms with Gasteiger partial charge in [0.2, 0.25) is 0 Å². The molecule has 0 fully saturated rings. The molecule has 0 heterocycles. The molecule has 0 aromatic heterocycles. The van der Waals surface area contributed by atoms with Crippen molar-refractivity contribution in [2.24, 2.45) is 0 Å². The van der Waals surface area contributed by atoms with Crippen LogP contribution < -0.4 is 9.64 Å². The Morgan fingerprint density at radius 3 is 2.38 bits per heavy atom. The van der Waals surface area contributed by atoms with Crippen molar-refractivity contribution in [3.63, 3.8) is 0 Å². The van der Waals surface area contributed by atoms with Gasteiger partial charge in [0.15, 0.2) is 0 Å². The number of anilines is 2. The van der Waals surface area contributed by atoms with Crippen LogP contribution in [-0.4, -0.2) is 19.3 Å². The molecular formula is C17H18N2O2. The van der Waals surface area contributed by atoms with Gasteiger partial charge in [-0.2, -0.15) is 5.26 Å². The summed E-state index contributed by atoms with van der Waals surface area (Å²) in [5, 5.41) is 18.9.